The van der Waals surface area contributed by atoms with Gasteiger partial charge >= 0.3 is 0 Å². The molecule has 0 saturated heterocycles. The molecule has 0 unspecified atom stereocenters. The molecule has 0 saturated carbocycles. The smallest absolute Gasteiger partial charge is 0.123 e. The maximum Gasteiger partial charge on any atom is 0.123 e. The van der Waals surface area contributed by atoms with Crippen molar-refractivity contribution in [2.75, 3.05) is 5.73 Å². The zero-order valence-corrected chi connectivity index (χ0v) is 11.0. The lowest BCUT2D eigenvalue weighted by molar-refractivity contribution is 0.274. The fourth-order valence-corrected chi connectivity index (χ4v) is 2.65. The summed E-state index contributed by atoms with van der Waals surface area (Å²) in [6, 6.07) is 11.0. The molecule has 0 bridgehead atoms. The van der Waals surface area contributed by atoms with Crippen LogP contribution in [0.1, 0.15) is 22.3 Å². The normalized spacial score (nSPS) is 14.6. The van der Waals surface area contributed by atoms with Crippen molar-refractivity contribution in [2.24, 2.45) is 0 Å². The van der Waals surface area contributed by atoms with Gasteiger partial charge in [-0.1, -0.05) is 12.1 Å². The average molecular weight is 256 g/mol. The Kier molecular flexibility index (Phi) is 2.99. The maximum absolute atomic E-state index is 13.3. The molecule has 0 aliphatic carbocycles. The first-order valence-corrected chi connectivity index (χ1v) is 6.46. The van der Waals surface area contributed by atoms with Gasteiger partial charge < -0.3 is 5.73 Å². The van der Waals surface area contributed by atoms with E-state index in [1.165, 1.54) is 17.2 Å². The second-order valence-electron chi connectivity index (χ2n) is 5.24. The van der Waals surface area contributed by atoms with Crippen LogP contribution in [0.3, 0.4) is 0 Å². The van der Waals surface area contributed by atoms with Crippen LogP contribution in [0.2, 0.25) is 0 Å². The molecule has 0 aromatic heterocycles. The van der Waals surface area contributed by atoms with Crippen LogP contribution in [-0.2, 0) is 19.6 Å². The highest BCUT2D eigenvalue weighted by Gasteiger charge is 2.19. The molecule has 2 nitrogen and oxygen atoms in total. The van der Waals surface area contributed by atoms with Crippen molar-refractivity contribution in [1.82, 2.24) is 4.90 Å². The molecule has 1 aliphatic heterocycles. The van der Waals surface area contributed by atoms with Crippen LogP contribution in [-0.4, -0.2) is 4.90 Å². The molecule has 2 N–H and O–H groups in total. The molecule has 2 aromatic carbocycles. The number of nitrogens with two attached hydrogens (primary N) is 1. The molecule has 98 valence electrons. The Morgan fingerprint density at radius 3 is 2.74 bits per heavy atom. The van der Waals surface area contributed by atoms with Crippen molar-refractivity contribution < 1.29 is 4.39 Å². The van der Waals surface area contributed by atoms with Crippen LogP contribution in [0.25, 0.3) is 0 Å². The molecule has 2 aromatic rings. The zero-order valence-electron chi connectivity index (χ0n) is 11.0. The Morgan fingerprint density at radius 2 is 1.89 bits per heavy atom. The summed E-state index contributed by atoms with van der Waals surface area (Å²) < 4.78 is 13.3. The van der Waals surface area contributed by atoms with Crippen LogP contribution in [0.4, 0.5) is 10.1 Å². The number of nitrogens with zero attached hydrogens (tertiary/aromatic N) is 1. The molecule has 0 amide bonds. The van der Waals surface area contributed by atoms with E-state index in [1.54, 1.807) is 6.07 Å². The Hall–Kier alpha value is -1.87. The van der Waals surface area contributed by atoms with E-state index in [0.717, 1.165) is 36.4 Å². The molecule has 0 fully saturated rings. The highest BCUT2D eigenvalue weighted by Crippen LogP contribution is 2.26. The lowest BCUT2D eigenvalue weighted by Gasteiger charge is -2.16. The van der Waals surface area contributed by atoms with E-state index < -0.39 is 0 Å². The first kappa shape index (κ1) is 12.2. The van der Waals surface area contributed by atoms with E-state index in [9.17, 15) is 4.39 Å². The number of anilines is 1. The van der Waals surface area contributed by atoms with Gasteiger partial charge in [-0.05, 0) is 53.4 Å². The molecule has 0 atom stereocenters. The Morgan fingerprint density at radius 1 is 1.11 bits per heavy atom. The number of hydrogen-bond acceptors (Lipinski definition) is 2. The van der Waals surface area contributed by atoms with Crippen molar-refractivity contribution >= 4 is 5.69 Å². The standard InChI is InChI=1S/C16H17FN2/c1-11-2-4-15(17)6-13(11)9-19-8-12-3-5-16(18)7-14(12)10-19/h2-7H,8-10,18H2,1H3. The van der Waals surface area contributed by atoms with Gasteiger partial charge in [0.25, 0.3) is 0 Å². The predicted octanol–water partition coefficient (Wildman–Crippen LogP) is 3.23. The summed E-state index contributed by atoms with van der Waals surface area (Å²) in [5.41, 5.74) is 11.4. The van der Waals surface area contributed by atoms with Gasteiger partial charge in [0.05, 0.1) is 0 Å². The maximum atomic E-state index is 13.3. The minimum Gasteiger partial charge on any atom is -0.399 e. The van der Waals surface area contributed by atoms with E-state index in [1.807, 2.05) is 25.1 Å². The minimum absolute atomic E-state index is 0.165. The summed E-state index contributed by atoms with van der Waals surface area (Å²) in [7, 11) is 0. The van der Waals surface area contributed by atoms with Gasteiger partial charge in [0, 0.05) is 25.3 Å². The third-order valence-corrected chi connectivity index (χ3v) is 3.72. The minimum atomic E-state index is -0.165. The van der Waals surface area contributed by atoms with Crippen LogP contribution < -0.4 is 5.73 Å². The predicted molar refractivity (Wildman–Crippen MR) is 74.9 cm³/mol. The average Bonchev–Trinajstić information content (AvgIpc) is 2.75. The zero-order chi connectivity index (χ0) is 13.4. The first-order chi connectivity index (χ1) is 9.11. The largest absolute Gasteiger partial charge is 0.399 e. The van der Waals surface area contributed by atoms with Gasteiger partial charge in [0.1, 0.15) is 5.82 Å². The van der Waals surface area contributed by atoms with Crippen LogP contribution in [0.15, 0.2) is 36.4 Å². The number of aryl methyl sites for hydroxylation is 1. The summed E-state index contributed by atoms with van der Waals surface area (Å²) in [6.07, 6.45) is 0. The monoisotopic (exact) mass is 256 g/mol. The van der Waals surface area contributed by atoms with Gasteiger partial charge in [-0.25, -0.2) is 4.39 Å². The second-order valence-corrected chi connectivity index (χ2v) is 5.24. The van der Waals surface area contributed by atoms with Gasteiger partial charge in [0.15, 0.2) is 0 Å². The molecule has 19 heavy (non-hydrogen) atoms. The fourth-order valence-electron chi connectivity index (χ4n) is 2.65. The molecule has 1 aliphatic rings. The van der Waals surface area contributed by atoms with Crippen molar-refractivity contribution in [3.05, 3.63) is 64.5 Å². The lowest BCUT2D eigenvalue weighted by Crippen LogP contribution is -2.16. The first-order valence-electron chi connectivity index (χ1n) is 6.46. The Bertz CT molecular complexity index is 622. The van der Waals surface area contributed by atoms with E-state index in [0.29, 0.717) is 0 Å². The van der Waals surface area contributed by atoms with Crippen molar-refractivity contribution in [1.29, 1.82) is 0 Å². The topological polar surface area (TPSA) is 29.3 Å². The number of halogens is 1. The van der Waals surface area contributed by atoms with Gasteiger partial charge in [-0.2, -0.15) is 0 Å². The van der Waals surface area contributed by atoms with Gasteiger partial charge in [-0.15, -0.1) is 0 Å². The SMILES string of the molecule is Cc1ccc(F)cc1CN1Cc2ccc(N)cc2C1. The van der Waals surface area contributed by atoms with Crippen LogP contribution in [0.5, 0.6) is 0 Å². The number of hydrogen-bond donors (Lipinski definition) is 1. The van der Waals surface area contributed by atoms with Gasteiger partial charge in [0.2, 0.25) is 0 Å². The van der Waals surface area contributed by atoms with Crippen molar-refractivity contribution in [3.63, 3.8) is 0 Å². The van der Waals surface area contributed by atoms with Crippen LogP contribution >= 0.6 is 0 Å². The fraction of sp³-hybridized carbons (Fsp3) is 0.250. The summed E-state index contributed by atoms with van der Waals surface area (Å²) in [6.45, 7) is 4.59. The van der Waals surface area contributed by atoms with E-state index in [4.69, 9.17) is 5.73 Å². The highest BCUT2D eigenvalue weighted by atomic mass is 19.1. The number of fused-ring (bicyclic) bond motifs is 1. The van der Waals surface area contributed by atoms with Crippen molar-refractivity contribution in [2.45, 2.75) is 26.6 Å². The quantitative estimate of drug-likeness (QED) is 0.836. The highest BCUT2D eigenvalue weighted by molar-refractivity contribution is 5.46. The second kappa shape index (κ2) is 4.67. The summed E-state index contributed by atoms with van der Waals surface area (Å²) in [4.78, 5) is 2.31. The van der Waals surface area contributed by atoms with Crippen molar-refractivity contribution in [3.8, 4) is 0 Å². The van der Waals surface area contributed by atoms with Gasteiger partial charge in [-0.3, -0.25) is 4.90 Å². The Labute approximate surface area is 112 Å². The molecular weight excluding hydrogens is 239 g/mol. The molecular formula is C16H17FN2. The third kappa shape index (κ3) is 2.47. The third-order valence-electron chi connectivity index (χ3n) is 3.72. The molecule has 0 radical (unpaired) electrons. The molecule has 3 rings (SSSR count). The lowest BCUT2D eigenvalue weighted by atomic mass is 10.1. The Balaban J connectivity index is 1.78. The van der Waals surface area contributed by atoms with Crippen LogP contribution in [0, 0.1) is 12.7 Å². The summed E-state index contributed by atoms with van der Waals surface area (Å²) >= 11 is 0. The number of benzene rings is 2. The van der Waals surface area contributed by atoms with E-state index in [2.05, 4.69) is 11.0 Å². The molecule has 0 spiro atoms. The van der Waals surface area contributed by atoms with E-state index >= 15 is 0 Å². The molecule has 1 heterocycles. The summed E-state index contributed by atoms with van der Waals surface area (Å²) in [5.74, 6) is -0.165. The van der Waals surface area contributed by atoms with E-state index in [-0.39, 0.29) is 5.82 Å². The molecule has 3 heteroatoms. The number of nitrogen functional groups attached to an aromatic ring is 1. The summed E-state index contributed by atoms with van der Waals surface area (Å²) in [5, 5.41) is 0. The number of rotatable bonds is 2.